The van der Waals surface area contributed by atoms with Crippen LogP contribution in [0.15, 0.2) is 95.0 Å². The predicted molar refractivity (Wildman–Crippen MR) is 152 cm³/mol. The molecule has 190 valence electrons. The lowest BCUT2D eigenvalue weighted by Crippen LogP contribution is -2.25. The summed E-state index contributed by atoms with van der Waals surface area (Å²) < 4.78 is 3.41. The number of amides is 1. The van der Waals surface area contributed by atoms with Crippen LogP contribution < -0.4 is 10.9 Å². The molecule has 2 heterocycles. The smallest absolute Gasteiger partial charge is 0.282 e. The molecule has 1 aliphatic carbocycles. The van der Waals surface area contributed by atoms with Crippen molar-refractivity contribution in [2.45, 2.75) is 44.6 Å². The number of anilines is 1. The molecule has 0 spiro atoms. The van der Waals surface area contributed by atoms with Crippen molar-refractivity contribution in [2.75, 3.05) is 5.32 Å². The van der Waals surface area contributed by atoms with Crippen LogP contribution in [-0.2, 0) is 11.3 Å². The summed E-state index contributed by atoms with van der Waals surface area (Å²) in [5.41, 5.74) is 3.08. The molecule has 5 aromatic rings. The quantitative estimate of drug-likeness (QED) is 0.292. The van der Waals surface area contributed by atoms with Crippen molar-refractivity contribution >= 4 is 39.6 Å². The van der Waals surface area contributed by atoms with Gasteiger partial charge in [-0.3, -0.25) is 9.59 Å². The second kappa shape index (κ2) is 10.5. The monoisotopic (exact) mass is 503 g/mol. The standard InChI is InChI=1S/C31H29N5O2/c37-29(33-24-13-5-2-6-14-24)21-35-20-23(25-15-8-10-18-28(25)35)19-32-36-30(22-11-3-1-4-12-22)34-27-17-9-7-16-26(27)31(36)38/h2,5-10,13-20,22H,1,3-4,11-12,21H2,(H,33,37). The third-order valence-corrected chi connectivity index (χ3v) is 7.25. The zero-order chi connectivity index (χ0) is 25.9. The lowest BCUT2D eigenvalue weighted by molar-refractivity contribution is -0.116. The number of benzene rings is 3. The van der Waals surface area contributed by atoms with Crippen LogP contribution in [0.25, 0.3) is 21.8 Å². The summed E-state index contributed by atoms with van der Waals surface area (Å²) >= 11 is 0. The van der Waals surface area contributed by atoms with E-state index in [0.29, 0.717) is 10.9 Å². The number of nitrogens with zero attached hydrogens (tertiary/aromatic N) is 4. The van der Waals surface area contributed by atoms with E-state index in [2.05, 4.69) is 5.32 Å². The van der Waals surface area contributed by atoms with E-state index in [-0.39, 0.29) is 23.9 Å². The minimum atomic E-state index is -0.154. The van der Waals surface area contributed by atoms with Gasteiger partial charge in [0, 0.05) is 34.3 Å². The molecule has 0 aliphatic heterocycles. The lowest BCUT2D eigenvalue weighted by atomic mass is 9.88. The van der Waals surface area contributed by atoms with E-state index in [4.69, 9.17) is 10.1 Å². The molecular formula is C31H29N5O2. The van der Waals surface area contributed by atoms with E-state index in [0.717, 1.165) is 53.7 Å². The molecule has 2 aromatic heterocycles. The number of fused-ring (bicyclic) bond motifs is 2. The molecule has 0 unspecified atom stereocenters. The van der Waals surface area contributed by atoms with E-state index in [1.54, 1.807) is 12.3 Å². The van der Waals surface area contributed by atoms with Gasteiger partial charge in [0.25, 0.3) is 5.56 Å². The van der Waals surface area contributed by atoms with Crippen LogP contribution in [0.3, 0.4) is 0 Å². The Morgan fingerprint density at radius 3 is 2.45 bits per heavy atom. The highest BCUT2D eigenvalue weighted by atomic mass is 16.2. The average Bonchev–Trinajstić information content (AvgIpc) is 3.30. The molecule has 3 aromatic carbocycles. The number of hydrogen-bond donors (Lipinski definition) is 1. The second-order valence-corrected chi connectivity index (χ2v) is 9.83. The third-order valence-electron chi connectivity index (χ3n) is 7.25. The van der Waals surface area contributed by atoms with Gasteiger partial charge in [-0.2, -0.15) is 9.78 Å². The highest BCUT2D eigenvalue weighted by molar-refractivity contribution is 6.00. The van der Waals surface area contributed by atoms with Gasteiger partial charge in [0.15, 0.2) is 0 Å². The Kier molecular flexibility index (Phi) is 6.56. The van der Waals surface area contributed by atoms with Gasteiger partial charge >= 0.3 is 0 Å². The second-order valence-electron chi connectivity index (χ2n) is 9.83. The van der Waals surface area contributed by atoms with Crippen molar-refractivity contribution in [3.8, 4) is 0 Å². The number of carbonyl (C=O) groups is 1. The summed E-state index contributed by atoms with van der Waals surface area (Å²) in [5.74, 6) is 0.826. The number of hydrogen-bond acceptors (Lipinski definition) is 4. The van der Waals surface area contributed by atoms with Crippen molar-refractivity contribution in [3.05, 3.63) is 107 Å². The van der Waals surface area contributed by atoms with Gasteiger partial charge in [-0.05, 0) is 43.2 Å². The molecule has 0 bridgehead atoms. The Morgan fingerprint density at radius 1 is 0.921 bits per heavy atom. The predicted octanol–water partition coefficient (Wildman–Crippen LogP) is 5.92. The van der Waals surface area contributed by atoms with Gasteiger partial charge in [0.05, 0.1) is 17.1 Å². The Balaban J connectivity index is 1.37. The molecule has 7 heteroatoms. The maximum absolute atomic E-state index is 13.6. The molecule has 1 saturated carbocycles. The van der Waals surface area contributed by atoms with Crippen LogP contribution in [0.5, 0.6) is 0 Å². The largest absolute Gasteiger partial charge is 0.337 e. The normalized spacial score (nSPS) is 14.4. The zero-order valence-corrected chi connectivity index (χ0v) is 21.1. The highest BCUT2D eigenvalue weighted by Gasteiger charge is 2.22. The average molecular weight is 504 g/mol. The van der Waals surface area contributed by atoms with Crippen LogP contribution in [0, 0.1) is 0 Å². The van der Waals surface area contributed by atoms with Gasteiger partial charge < -0.3 is 9.88 Å². The van der Waals surface area contributed by atoms with Crippen molar-refractivity contribution in [3.63, 3.8) is 0 Å². The minimum absolute atomic E-state index is 0.116. The number of rotatable bonds is 6. The van der Waals surface area contributed by atoms with E-state index in [1.807, 2.05) is 83.6 Å². The van der Waals surface area contributed by atoms with Gasteiger partial charge in [-0.15, -0.1) is 0 Å². The van der Waals surface area contributed by atoms with Crippen LogP contribution >= 0.6 is 0 Å². The van der Waals surface area contributed by atoms with Crippen molar-refractivity contribution in [1.29, 1.82) is 0 Å². The molecule has 7 nitrogen and oxygen atoms in total. The maximum Gasteiger partial charge on any atom is 0.282 e. The topological polar surface area (TPSA) is 81.3 Å². The van der Waals surface area contributed by atoms with Gasteiger partial charge in [-0.25, -0.2) is 4.98 Å². The number of aromatic nitrogens is 3. The molecule has 1 aliphatic rings. The van der Waals surface area contributed by atoms with Gasteiger partial charge in [0.1, 0.15) is 12.4 Å². The van der Waals surface area contributed by atoms with Gasteiger partial charge in [-0.1, -0.05) is 67.8 Å². The fourth-order valence-corrected chi connectivity index (χ4v) is 5.38. The summed E-state index contributed by atoms with van der Waals surface area (Å²) in [7, 11) is 0. The van der Waals surface area contributed by atoms with E-state index >= 15 is 0 Å². The molecule has 0 atom stereocenters. The Labute approximate surface area is 220 Å². The Bertz CT molecular complexity index is 1690. The first-order valence-electron chi connectivity index (χ1n) is 13.2. The fourth-order valence-electron chi connectivity index (χ4n) is 5.38. The number of carbonyl (C=O) groups excluding carboxylic acids is 1. The summed E-state index contributed by atoms with van der Waals surface area (Å²) in [6.45, 7) is 0.161. The van der Waals surface area contributed by atoms with Crippen molar-refractivity contribution < 1.29 is 4.79 Å². The molecule has 0 radical (unpaired) electrons. The first-order valence-corrected chi connectivity index (χ1v) is 13.2. The minimum Gasteiger partial charge on any atom is -0.337 e. The Morgan fingerprint density at radius 2 is 1.63 bits per heavy atom. The molecule has 1 amide bonds. The van der Waals surface area contributed by atoms with Crippen LogP contribution in [0.2, 0.25) is 0 Å². The van der Waals surface area contributed by atoms with Crippen LogP contribution in [0.4, 0.5) is 5.69 Å². The SMILES string of the molecule is O=C(Cn1cc(C=Nn2c(C3CCCCC3)nc3ccccc3c2=O)c2ccccc21)Nc1ccccc1. The zero-order valence-electron chi connectivity index (χ0n) is 21.1. The number of nitrogens with one attached hydrogen (secondary N) is 1. The summed E-state index contributed by atoms with van der Waals surface area (Å²) in [5, 5.41) is 9.18. The van der Waals surface area contributed by atoms with Crippen molar-refractivity contribution in [1.82, 2.24) is 14.2 Å². The molecule has 1 N–H and O–H groups in total. The molecule has 0 saturated heterocycles. The Hall–Kier alpha value is -4.52. The first-order chi connectivity index (χ1) is 18.7. The van der Waals surface area contributed by atoms with E-state index in [9.17, 15) is 9.59 Å². The van der Waals surface area contributed by atoms with Crippen LogP contribution in [-0.4, -0.2) is 26.3 Å². The summed E-state index contributed by atoms with van der Waals surface area (Å²) in [4.78, 5) is 31.2. The number of para-hydroxylation sites is 3. The summed E-state index contributed by atoms with van der Waals surface area (Å²) in [6.07, 6.45) is 9.14. The van der Waals surface area contributed by atoms with E-state index < -0.39 is 0 Å². The molecular weight excluding hydrogens is 474 g/mol. The molecule has 38 heavy (non-hydrogen) atoms. The molecule has 6 rings (SSSR count). The summed E-state index contributed by atoms with van der Waals surface area (Å²) in [6, 6.07) is 24.8. The fraction of sp³-hybridized carbons (Fsp3) is 0.226. The third kappa shape index (κ3) is 4.75. The lowest BCUT2D eigenvalue weighted by Gasteiger charge is -2.22. The molecule has 1 fully saturated rings. The van der Waals surface area contributed by atoms with Crippen LogP contribution in [0.1, 0.15) is 49.4 Å². The van der Waals surface area contributed by atoms with Gasteiger partial charge in [0.2, 0.25) is 5.91 Å². The van der Waals surface area contributed by atoms with Crippen molar-refractivity contribution in [2.24, 2.45) is 5.10 Å². The maximum atomic E-state index is 13.6. The highest BCUT2D eigenvalue weighted by Crippen LogP contribution is 2.32. The first kappa shape index (κ1) is 23.9. The van der Waals surface area contributed by atoms with E-state index in [1.165, 1.54) is 11.1 Å².